The molecule has 0 unspecified atom stereocenters. The highest BCUT2D eigenvalue weighted by Crippen LogP contribution is 1.93. The molecule has 1 heterocycles. The third-order valence-corrected chi connectivity index (χ3v) is 1.08. The van der Waals surface area contributed by atoms with Gasteiger partial charge in [-0.2, -0.15) is 0 Å². The smallest absolute Gasteiger partial charge is 0.0441 e. The first-order chi connectivity index (χ1) is 5.43. The van der Waals surface area contributed by atoms with E-state index in [4.69, 9.17) is 0 Å². The summed E-state index contributed by atoms with van der Waals surface area (Å²) in [6.07, 6.45) is 4.50. The van der Waals surface area contributed by atoms with Gasteiger partial charge in [-0.15, -0.1) is 29.9 Å². The summed E-state index contributed by atoms with van der Waals surface area (Å²) >= 11 is 6.44. The molecule has 0 radical (unpaired) electrons. The van der Waals surface area contributed by atoms with Crippen LogP contribution in [0.4, 0.5) is 0 Å². The summed E-state index contributed by atoms with van der Waals surface area (Å²) in [7, 11) is 0. The van der Waals surface area contributed by atoms with Crippen molar-refractivity contribution in [1.29, 1.82) is 0 Å². The SMILES string of the molecule is C=CCc1ccccn1.SS. The Balaban J connectivity index is 0.000000461. The van der Waals surface area contributed by atoms with Gasteiger partial charge in [0.05, 0.1) is 0 Å². The van der Waals surface area contributed by atoms with Crippen LogP contribution in [0.3, 0.4) is 0 Å². The number of hydrogen-bond donors (Lipinski definition) is 2. The van der Waals surface area contributed by atoms with Crippen molar-refractivity contribution in [1.82, 2.24) is 4.98 Å². The number of allylic oxidation sites excluding steroid dienone is 1. The largest absolute Gasteiger partial charge is 0.261 e. The third kappa shape index (κ3) is 4.93. The van der Waals surface area contributed by atoms with Gasteiger partial charge in [0, 0.05) is 18.3 Å². The van der Waals surface area contributed by atoms with Crippen LogP contribution in [0.1, 0.15) is 5.69 Å². The molecule has 0 bridgehead atoms. The molecule has 0 spiro atoms. The van der Waals surface area contributed by atoms with Crippen molar-refractivity contribution in [3.8, 4) is 0 Å². The van der Waals surface area contributed by atoms with Gasteiger partial charge in [0.15, 0.2) is 0 Å². The molecule has 0 atom stereocenters. The van der Waals surface area contributed by atoms with Gasteiger partial charge in [-0.3, -0.25) is 4.98 Å². The Kier molecular flexibility index (Phi) is 7.41. The molecule has 3 heteroatoms. The van der Waals surface area contributed by atoms with E-state index in [0.29, 0.717) is 0 Å². The topological polar surface area (TPSA) is 12.9 Å². The summed E-state index contributed by atoms with van der Waals surface area (Å²) in [6.45, 7) is 3.62. The minimum Gasteiger partial charge on any atom is -0.261 e. The average Bonchev–Trinajstić information content (AvgIpc) is 2.11. The second-order valence-corrected chi connectivity index (χ2v) is 1.81. The highest BCUT2D eigenvalue weighted by atomic mass is 33.1. The zero-order chi connectivity index (χ0) is 8.53. The molecular weight excluding hydrogens is 174 g/mol. The predicted octanol–water partition coefficient (Wildman–Crippen LogP) is 2.57. The monoisotopic (exact) mass is 185 g/mol. The number of pyridine rings is 1. The van der Waals surface area contributed by atoms with E-state index in [1.54, 1.807) is 6.20 Å². The minimum atomic E-state index is 0.862. The van der Waals surface area contributed by atoms with E-state index in [1.165, 1.54) is 0 Å². The van der Waals surface area contributed by atoms with Gasteiger partial charge >= 0.3 is 0 Å². The van der Waals surface area contributed by atoms with E-state index >= 15 is 0 Å². The maximum atomic E-state index is 4.10. The Morgan fingerprint density at radius 1 is 1.45 bits per heavy atom. The molecule has 1 rings (SSSR count). The van der Waals surface area contributed by atoms with Gasteiger partial charge in [0.2, 0.25) is 0 Å². The summed E-state index contributed by atoms with van der Waals surface area (Å²) in [5, 5.41) is 0. The highest BCUT2D eigenvalue weighted by Gasteiger charge is 1.83. The molecule has 0 saturated carbocycles. The number of hydrogen-bond acceptors (Lipinski definition) is 3. The van der Waals surface area contributed by atoms with Crippen LogP contribution in [0, 0.1) is 0 Å². The van der Waals surface area contributed by atoms with Crippen LogP contribution >= 0.6 is 23.3 Å². The number of rotatable bonds is 2. The lowest BCUT2D eigenvalue weighted by molar-refractivity contribution is 1.11. The first-order valence-corrected chi connectivity index (χ1v) is 4.74. The van der Waals surface area contributed by atoms with Crippen molar-refractivity contribution in [2.24, 2.45) is 0 Å². The first kappa shape index (κ1) is 10.6. The lowest BCUT2D eigenvalue weighted by Gasteiger charge is -1.90. The van der Waals surface area contributed by atoms with E-state index in [1.807, 2.05) is 24.3 Å². The third-order valence-electron chi connectivity index (χ3n) is 1.08. The van der Waals surface area contributed by atoms with Crippen LogP contribution in [0.15, 0.2) is 37.1 Å². The second kappa shape index (κ2) is 7.69. The van der Waals surface area contributed by atoms with E-state index in [-0.39, 0.29) is 0 Å². The Morgan fingerprint density at radius 3 is 2.64 bits per heavy atom. The molecule has 0 aliphatic heterocycles. The fourth-order valence-electron chi connectivity index (χ4n) is 0.667. The van der Waals surface area contributed by atoms with Gasteiger partial charge in [0.25, 0.3) is 0 Å². The zero-order valence-electron chi connectivity index (χ0n) is 6.14. The van der Waals surface area contributed by atoms with Crippen molar-refractivity contribution >= 4 is 23.3 Å². The van der Waals surface area contributed by atoms with Gasteiger partial charge in [0.1, 0.15) is 0 Å². The van der Waals surface area contributed by atoms with E-state index in [0.717, 1.165) is 12.1 Å². The summed E-state index contributed by atoms with van der Waals surface area (Å²) in [4.78, 5) is 4.10. The van der Waals surface area contributed by atoms with Crippen LogP contribution < -0.4 is 0 Å². The van der Waals surface area contributed by atoms with Crippen LogP contribution in [0.5, 0.6) is 0 Å². The van der Waals surface area contributed by atoms with Crippen molar-refractivity contribution < 1.29 is 0 Å². The van der Waals surface area contributed by atoms with Gasteiger partial charge in [-0.25, -0.2) is 0 Å². The van der Waals surface area contributed by atoms with Crippen molar-refractivity contribution in [3.05, 3.63) is 42.7 Å². The van der Waals surface area contributed by atoms with Gasteiger partial charge in [-0.05, 0) is 12.1 Å². The maximum Gasteiger partial charge on any atom is 0.0441 e. The summed E-state index contributed by atoms with van der Waals surface area (Å²) < 4.78 is 0. The Hall–Kier alpha value is -0.410. The zero-order valence-corrected chi connectivity index (χ0v) is 7.93. The molecule has 0 fully saturated rings. The maximum absolute atomic E-state index is 4.10. The minimum absolute atomic E-state index is 0.862. The van der Waals surface area contributed by atoms with Crippen molar-refractivity contribution in [2.75, 3.05) is 0 Å². The lowest BCUT2D eigenvalue weighted by Crippen LogP contribution is -1.82. The summed E-state index contributed by atoms with van der Waals surface area (Å²) in [5.41, 5.74) is 1.08. The second-order valence-electron chi connectivity index (χ2n) is 1.81. The van der Waals surface area contributed by atoms with Crippen LogP contribution in [-0.2, 0) is 6.42 Å². The standard InChI is InChI=1S/C8H9N.H2S2/c1-2-5-8-6-3-4-7-9-8;1-2/h2-4,6-7H,1,5H2;1-2H. The molecule has 0 amide bonds. The molecule has 0 saturated heterocycles. The molecule has 60 valence electrons. The van der Waals surface area contributed by atoms with Crippen LogP contribution in [0.25, 0.3) is 0 Å². The van der Waals surface area contributed by atoms with Crippen LogP contribution in [-0.4, -0.2) is 4.98 Å². The number of aromatic nitrogens is 1. The van der Waals surface area contributed by atoms with E-state index in [2.05, 4.69) is 34.9 Å². The molecule has 1 aromatic heterocycles. The quantitative estimate of drug-likeness (QED) is 0.410. The fourth-order valence-corrected chi connectivity index (χ4v) is 0.667. The lowest BCUT2D eigenvalue weighted by atomic mass is 10.3. The summed E-state index contributed by atoms with van der Waals surface area (Å²) in [5.74, 6) is 0. The van der Waals surface area contributed by atoms with Gasteiger partial charge in [-0.1, -0.05) is 12.1 Å². The Morgan fingerprint density at radius 2 is 2.18 bits per heavy atom. The fraction of sp³-hybridized carbons (Fsp3) is 0.125. The Labute approximate surface area is 77.8 Å². The van der Waals surface area contributed by atoms with Crippen molar-refractivity contribution in [3.63, 3.8) is 0 Å². The molecule has 0 N–H and O–H groups in total. The number of thiol groups is 2. The first-order valence-electron chi connectivity index (χ1n) is 3.14. The Bertz CT molecular complexity index is 187. The summed E-state index contributed by atoms with van der Waals surface area (Å²) in [6, 6.07) is 5.88. The highest BCUT2D eigenvalue weighted by molar-refractivity contribution is 8.59. The van der Waals surface area contributed by atoms with Gasteiger partial charge < -0.3 is 0 Å². The van der Waals surface area contributed by atoms with E-state index < -0.39 is 0 Å². The molecule has 11 heavy (non-hydrogen) atoms. The molecule has 0 aromatic carbocycles. The molecular formula is C8H11NS2. The molecule has 0 aliphatic rings. The molecule has 1 aromatic rings. The van der Waals surface area contributed by atoms with E-state index in [9.17, 15) is 0 Å². The number of nitrogens with zero attached hydrogens (tertiary/aromatic N) is 1. The molecule has 0 aliphatic carbocycles. The van der Waals surface area contributed by atoms with Crippen molar-refractivity contribution in [2.45, 2.75) is 6.42 Å². The normalized spacial score (nSPS) is 7.82. The van der Waals surface area contributed by atoms with Crippen LogP contribution in [0.2, 0.25) is 0 Å². The predicted molar refractivity (Wildman–Crippen MR) is 56.1 cm³/mol. The average molecular weight is 185 g/mol. The molecule has 1 nitrogen and oxygen atoms in total.